The van der Waals surface area contributed by atoms with Gasteiger partial charge in [-0.15, -0.1) is 6.58 Å². The number of ether oxygens (including phenoxy) is 1. The largest absolute Gasteiger partial charge is 0.497 e. The van der Waals surface area contributed by atoms with E-state index in [2.05, 4.69) is 62.1 Å². The Balaban J connectivity index is 2.26. The van der Waals surface area contributed by atoms with Crippen molar-refractivity contribution in [2.24, 2.45) is 0 Å². The molecule has 0 saturated carbocycles. The highest BCUT2D eigenvalue weighted by atomic mass is 28.3. The van der Waals surface area contributed by atoms with Gasteiger partial charge in [0, 0.05) is 0 Å². The maximum Gasteiger partial charge on any atom is 0.119 e. The van der Waals surface area contributed by atoms with E-state index in [0.717, 1.165) is 12.2 Å². The van der Waals surface area contributed by atoms with Crippen LogP contribution in [-0.2, 0) is 0 Å². The zero-order valence-corrected chi connectivity index (χ0v) is 14.5. The zero-order valence-electron chi connectivity index (χ0n) is 13.5. The number of fused-ring (bicyclic) bond motifs is 1. The molecule has 1 nitrogen and oxygen atoms in total. The fourth-order valence-corrected chi connectivity index (χ4v) is 7.17. The van der Waals surface area contributed by atoms with Crippen LogP contribution in [0.3, 0.4) is 0 Å². The summed E-state index contributed by atoms with van der Waals surface area (Å²) >= 11 is 0. The molecule has 2 heteroatoms. The molecular formula is C20H22OSi. The van der Waals surface area contributed by atoms with E-state index in [9.17, 15) is 0 Å². The Morgan fingerprint density at radius 1 is 1.09 bits per heavy atom. The molecule has 1 aliphatic heterocycles. The molecule has 0 N–H and O–H groups in total. The number of methoxy groups -OCH3 is 1. The normalized spacial score (nSPS) is 15.6. The summed E-state index contributed by atoms with van der Waals surface area (Å²) < 4.78 is 5.43. The lowest BCUT2D eigenvalue weighted by Gasteiger charge is -2.23. The summed E-state index contributed by atoms with van der Waals surface area (Å²) in [6.45, 7) is 8.85. The van der Waals surface area contributed by atoms with Gasteiger partial charge in [-0.3, -0.25) is 0 Å². The van der Waals surface area contributed by atoms with Crippen LogP contribution in [0.4, 0.5) is 0 Å². The van der Waals surface area contributed by atoms with Crippen molar-refractivity contribution >= 4 is 24.0 Å². The Kier molecular flexibility index (Phi) is 3.79. The monoisotopic (exact) mass is 306 g/mol. The van der Waals surface area contributed by atoms with Crippen LogP contribution in [0.15, 0.2) is 61.2 Å². The standard InChI is InChI=1S/C20H22OSi/c1-5-9-18-17-12-6-7-13-19(17)22(3,4)20(18)15-10-8-11-16(14-15)21-2/h5-8,10-14H,1,9H2,2-4H3. The van der Waals surface area contributed by atoms with Gasteiger partial charge in [-0.05, 0) is 45.6 Å². The first-order chi connectivity index (χ1) is 10.6. The number of hydrogen-bond acceptors (Lipinski definition) is 1. The molecule has 0 radical (unpaired) electrons. The molecule has 0 atom stereocenters. The summed E-state index contributed by atoms with van der Waals surface area (Å²) in [6, 6.07) is 17.3. The molecule has 0 saturated heterocycles. The summed E-state index contributed by atoms with van der Waals surface area (Å²) in [7, 11) is 0.0355. The molecule has 1 aliphatic rings. The van der Waals surface area contributed by atoms with Gasteiger partial charge in [0.05, 0.1) is 7.11 Å². The molecule has 112 valence electrons. The molecule has 2 aromatic carbocycles. The van der Waals surface area contributed by atoms with Gasteiger partial charge in [0.15, 0.2) is 0 Å². The van der Waals surface area contributed by atoms with Crippen LogP contribution in [0.25, 0.3) is 10.8 Å². The van der Waals surface area contributed by atoms with Crippen molar-refractivity contribution in [3.63, 3.8) is 0 Å². The number of benzene rings is 2. The van der Waals surface area contributed by atoms with Crippen LogP contribution in [0.1, 0.15) is 17.5 Å². The second-order valence-electron chi connectivity index (χ2n) is 6.25. The Morgan fingerprint density at radius 3 is 2.59 bits per heavy atom. The molecule has 22 heavy (non-hydrogen) atoms. The minimum Gasteiger partial charge on any atom is -0.497 e. The Labute approximate surface area is 134 Å². The average Bonchev–Trinajstić information content (AvgIpc) is 2.76. The van der Waals surface area contributed by atoms with E-state index < -0.39 is 8.07 Å². The van der Waals surface area contributed by atoms with Gasteiger partial charge in [0.25, 0.3) is 0 Å². The molecule has 0 fully saturated rings. The van der Waals surface area contributed by atoms with Gasteiger partial charge < -0.3 is 4.74 Å². The number of rotatable bonds is 4. The topological polar surface area (TPSA) is 9.23 Å². The first-order valence-corrected chi connectivity index (χ1v) is 10.7. The first-order valence-electron chi connectivity index (χ1n) is 7.68. The lowest BCUT2D eigenvalue weighted by atomic mass is 10.00. The highest BCUT2D eigenvalue weighted by Crippen LogP contribution is 2.42. The Bertz CT molecular complexity index is 756. The fraction of sp³-hybridized carbons (Fsp3) is 0.200. The Hall–Kier alpha value is -2.06. The van der Waals surface area contributed by atoms with E-state index in [0.29, 0.717) is 0 Å². The number of hydrogen-bond donors (Lipinski definition) is 0. The predicted molar refractivity (Wildman–Crippen MR) is 98.2 cm³/mol. The molecule has 0 bridgehead atoms. The van der Waals surface area contributed by atoms with Gasteiger partial charge >= 0.3 is 0 Å². The minimum absolute atomic E-state index is 0.917. The van der Waals surface area contributed by atoms with Crippen LogP contribution < -0.4 is 9.92 Å². The quantitative estimate of drug-likeness (QED) is 0.590. The smallest absolute Gasteiger partial charge is 0.119 e. The van der Waals surface area contributed by atoms with Crippen molar-refractivity contribution in [1.82, 2.24) is 0 Å². The van der Waals surface area contributed by atoms with E-state index in [1.807, 2.05) is 12.1 Å². The van der Waals surface area contributed by atoms with E-state index in [-0.39, 0.29) is 0 Å². The summed E-state index contributed by atoms with van der Waals surface area (Å²) in [5.41, 5.74) is 4.15. The lowest BCUT2D eigenvalue weighted by Crippen LogP contribution is -2.40. The van der Waals surface area contributed by atoms with Gasteiger partial charge in [-0.1, -0.05) is 55.6 Å². The van der Waals surface area contributed by atoms with Crippen molar-refractivity contribution in [2.45, 2.75) is 19.5 Å². The average molecular weight is 306 g/mol. The number of allylic oxidation sites excluding steroid dienone is 2. The second kappa shape index (κ2) is 5.62. The minimum atomic E-state index is -1.69. The maximum absolute atomic E-state index is 5.43. The SMILES string of the molecule is C=CCC1=C(c2cccc(OC)c2)[Si](C)(C)c2ccccc21. The zero-order chi connectivity index (χ0) is 15.7. The third kappa shape index (κ3) is 2.24. The lowest BCUT2D eigenvalue weighted by molar-refractivity contribution is 0.414. The highest BCUT2D eigenvalue weighted by molar-refractivity contribution is 7.07. The van der Waals surface area contributed by atoms with Gasteiger partial charge in [-0.25, -0.2) is 0 Å². The third-order valence-corrected chi connectivity index (χ3v) is 8.18. The summed E-state index contributed by atoms with van der Waals surface area (Å²) in [6.07, 6.45) is 2.93. The van der Waals surface area contributed by atoms with E-state index in [1.165, 1.54) is 27.1 Å². The van der Waals surface area contributed by atoms with Crippen LogP contribution in [0.5, 0.6) is 5.75 Å². The van der Waals surface area contributed by atoms with Crippen LogP contribution in [-0.4, -0.2) is 15.2 Å². The van der Waals surface area contributed by atoms with E-state index in [4.69, 9.17) is 4.74 Å². The molecule has 0 aromatic heterocycles. The third-order valence-electron chi connectivity index (χ3n) is 4.56. The van der Waals surface area contributed by atoms with Crippen molar-refractivity contribution in [3.05, 3.63) is 72.3 Å². The van der Waals surface area contributed by atoms with Crippen molar-refractivity contribution in [1.29, 1.82) is 0 Å². The fourth-order valence-electron chi connectivity index (χ4n) is 3.61. The van der Waals surface area contributed by atoms with E-state index >= 15 is 0 Å². The second-order valence-corrected chi connectivity index (χ2v) is 10.5. The summed E-state index contributed by atoms with van der Waals surface area (Å²) in [5.74, 6) is 0.920. The maximum atomic E-state index is 5.43. The Morgan fingerprint density at radius 2 is 1.86 bits per heavy atom. The van der Waals surface area contributed by atoms with Crippen LogP contribution >= 0.6 is 0 Å². The highest BCUT2D eigenvalue weighted by Gasteiger charge is 2.39. The van der Waals surface area contributed by atoms with Crippen molar-refractivity contribution in [3.8, 4) is 5.75 Å². The molecular weight excluding hydrogens is 284 g/mol. The summed E-state index contributed by atoms with van der Waals surface area (Å²) in [4.78, 5) is 0. The molecule has 0 aliphatic carbocycles. The van der Waals surface area contributed by atoms with Gasteiger partial charge in [-0.2, -0.15) is 0 Å². The molecule has 1 heterocycles. The molecule has 0 amide bonds. The molecule has 0 unspecified atom stereocenters. The summed E-state index contributed by atoms with van der Waals surface area (Å²) in [5, 5.41) is 3.05. The van der Waals surface area contributed by atoms with Crippen molar-refractivity contribution < 1.29 is 4.74 Å². The molecule has 3 rings (SSSR count). The van der Waals surface area contributed by atoms with Crippen LogP contribution in [0.2, 0.25) is 13.1 Å². The first kappa shape index (κ1) is 14.9. The van der Waals surface area contributed by atoms with Crippen molar-refractivity contribution in [2.75, 3.05) is 7.11 Å². The molecule has 0 spiro atoms. The van der Waals surface area contributed by atoms with Gasteiger partial charge in [0.2, 0.25) is 0 Å². The van der Waals surface area contributed by atoms with E-state index in [1.54, 1.807) is 7.11 Å². The van der Waals surface area contributed by atoms with Crippen LogP contribution in [0, 0.1) is 0 Å². The molecule has 2 aromatic rings. The van der Waals surface area contributed by atoms with Gasteiger partial charge in [0.1, 0.15) is 13.8 Å². The predicted octanol–water partition coefficient (Wildman–Crippen LogP) is 4.65.